The number of para-hydroxylation sites is 1. The van der Waals surface area contributed by atoms with Crippen LogP contribution in [-0.2, 0) is 23.4 Å². The molecule has 0 fully saturated rings. The zero-order chi connectivity index (χ0) is 14.8. The summed E-state index contributed by atoms with van der Waals surface area (Å²) in [5.41, 5.74) is 0.809. The molecule has 20 heavy (non-hydrogen) atoms. The molecule has 1 heterocycles. The number of aromatic nitrogens is 3. The van der Waals surface area contributed by atoms with E-state index >= 15 is 0 Å². The van der Waals surface area contributed by atoms with Crippen LogP contribution in [0.1, 0.15) is 5.69 Å². The lowest BCUT2D eigenvalue weighted by molar-refractivity contribution is 0.235. The summed E-state index contributed by atoms with van der Waals surface area (Å²) in [7, 11) is -2.97. The van der Waals surface area contributed by atoms with E-state index in [0.717, 1.165) is 6.07 Å². The average molecular weight is 302 g/mol. The molecule has 108 valence electrons. The summed E-state index contributed by atoms with van der Waals surface area (Å²) >= 11 is 0. The van der Waals surface area contributed by atoms with Crippen LogP contribution in [0.5, 0.6) is 0 Å². The Hall–Kier alpha value is -2.03. The topological polar surface area (TPSA) is 76.9 Å². The van der Waals surface area contributed by atoms with Crippen molar-refractivity contribution in [1.29, 1.82) is 0 Å². The quantitative estimate of drug-likeness (QED) is 0.904. The highest BCUT2D eigenvalue weighted by Crippen LogP contribution is 2.26. The second-order valence-electron chi connectivity index (χ2n) is 4.00. The summed E-state index contributed by atoms with van der Waals surface area (Å²) in [6, 6.07) is 5.53. The lowest BCUT2D eigenvalue weighted by Gasteiger charge is -2.11. The number of nitrogens with zero attached hydrogens (tertiary/aromatic N) is 3. The molecule has 0 saturated carbocycles. The maximum atomic E-state index is 12.6. The fourth-order valence-electron chi connectivity index (χ4n) is 1.61. The molecule has 0 amide bonds. The van der Waals surface area contributed by atoms with E-state index in [-0.39, 0.29) is 12.2 Å². The Morgan fingerprint density at radius 1 is 1.35 bits per heavy atom. The number of alkyl halides is 2. The first kappa shape index (κ1) is 14.4. The van der Waals surface area contributed by atoms with Gasteiger partial charge in [-0.2, -0.15) is 8.78 Å². The van der Waals surface area contributed by atoms with Gasteiger partial charge in [0.15, 0.2) is 0 Å². The van der Waals surface area contributed by atoms with Crippen LogP contribution >= 0.6 is 0 Å². The number of aryl methyl sites for hydroxylation is 1. The number of hydrogen-bond acceptors (Lipinski definition) is 5. The van der Waals surface area contributed by atoms with Crippen LogP contribution in [0.3, 0.4) is 0 Å². The van der Waals surface area contributed by atoms with Gasteiger partial charge in [-0.3, -0.25) is 4.68 Å². The Morgan fingerprint density at radius 3 is 2.65 bits per heavy atom. The van der Waals surface area contributed by atoms with Crippen molar-refractivity contribution < 1.29 is 17.2 Å². The number of rotatable bonds is 5. The summed E-state index contributed by atoms with van der Waals surface area (Å²) in [6.45, 7) is 0.221. The normalized spacial score (nSPS) is 11.8. The largest absolute Gasteiger partial charge is 0.378 e. The van der Waals surface area contributed by atoms with Gasteiger partial charge < -0.3 is 5.32 Å². The van der Waals surface area contributed by atoms with E-state index in [2.05, 4.69) is 15.6 Å². The van der Waals surface area contributed by atoms with E-state index in [1.807, 2.05) is 0 Å². The molecular formula is C11H12F2N4O2S. The van der Waals surface area contributed by atoms with Crippen LogP contribution in [0.4, 0.5) is 14.5 Å². The van der Waals surface area contributed by atoms with Crippen molar-refractivity contribution in [3.05, 3.63) is 36.2 Å². The maximum absolute atomic E-state index is 12.6. The van der Waals surface area contributed by atoms with Crippen molar-refractivity contribution in [3.63, 3.8) is 0 Å². The van der Waals surface area contributed by atoms with E-state index < -0.39 is 20.5 Å². The molecule has 0 unspecified atom stereocenters. The SMILES string of the molecule is Cn1nncc1CNc1ccccc1S(=O)(=O)C(F)F. The van der Waals surface area contributed by atoms with Crippen LogP contribution in [-0.4, -0.2) is 29.2 Å². The molecule has 1 aromatic carbocycles. The summed E-state index contributed by atoms with van der Waals surface area (Å²) in [5.74, 6) is -3.45. The first-order valence-corrected chi connectivity index (χ1v) is 7.16. The van der Waals surface area contributed by atoms with Crippen LogP contribution in [0.25, 0.3) is 0 Å². The zero-order valence-electron chi connectivity index (χ0n) is 10.5. The molecule has 0 radical (unpaired) electrons. The van der Waals surface area contributed by atoms with Gasteiger partial charge in [-0.25, -0.2) is 8.42 Å². The highest BCUT2D eigenvalue weighted by atomic mass is 32.2. The molecule has 2 rings (SSSR count). The Morgan fingerprint density at radius 2 is 2.05 bits per heavy atom. The molecule has 0 saturated heterocycles. The van der Waals surface area contributed by atoms with Crippen molar-refractivity contribution in [3.8, 4) is 0 Å². The highest BCUT2D eigenvalue weighted by molar-refractivity contribution is 7.91. The fourth-order valence-corrected chi connectivity index (χ4v) is 2.52. The van der Waals surface area contributed by atoms with Crippen LogP contribution in [0, 0.1) is 0 Å². The molecule has 2 aromatic rings. The predicted octanol–water partition coefficient (Wildman–Crippen LogP) is 1.42. The number of benzene rings is 1. The van der Waals surface area contributed by atoms with Gasteiger partial charge in [0.25, 0.3) is 0 Å². The number of nitrogens with one attached hydrogen (secondary N) is 1. The van der Waals surface area contributed by atoms with Crippen molar-refractivity contribution in [2.75, 3.05) is 5.32 Å². The summed E-state index contributed by atoms with van der Waals surface area (Å²) in [4.78, 5) is -0.426. The van der Waals surface area contributed by atoms with Gasteiger partial charge >= 0.3 is 5.76 Å². The molecule has 1 N–H and O–H groups in total. The van der Waals surface area contributed by atoms with Gasteiger partial charge in [0.05, 0.1) is 29.0 Å². The average Bonchev–Trinajstić information content (AvgIpc) is 2.82. The standard InChI is InChI=1S/C11H12F2N4O2S/c1-17-8(7-15-16-17)6-14-9-4-2-3-5-10(9)20(18,19)11(12)13/h2-5,7,11,14H,6H2,1H3. The first-order valence-electron chi connectivity index (χ1n) is 5.61. The Bertz CT molecular complexity index is 700. The molecule has 0 bridgehead atoms. The molecule has 0 aliphatic heterocycles. The predicted molar refractivity (Wildman–Crippen MR) is 68.0 cm³/mol. The molecular weight excluding hydrogens is 290 g/mol. The van der Waals surface area contributed by atoms with Gasteiger partial charge in [0.1, 0.15) is 0 Å². The Kier molecular flexibility index (Phi) is 3.98. The smallest absolute Gasteiger partial charge is 0.341 e. The molecule has 0 spiro atoms. The van der Waals surface area contributed by atoms with Gasteiger partial charge in [0.2, 0.25) is 9.84 Å². The van der Waals surface area contributed by atoms with Gasteiger partial charge in [-0.15, -0.1) is 5.10 Å². The Labute approximate surface area is 114 Å². The monoisotopic (exact) mass is 302 g/mol. The Balaban J connectivity index is 2.28. The van der Waals surface area contributed by atoms with Crippen LogP contribution in [0.15, 0.2) is 35.4 Å². The highest BCUT2D eigenvalue weighted by Gasteiger charge is 2.28. The number of hydrogen-bond donors (Lipinski definition) is 1. The molecule has 0 aliphatic carbocycles. The van der Waals surface area contributed by atoms with Crippen molar-refractivity contribution in [2.45, 2.75) is 17.2 Å². The van der Waals surface area contributed by atoms with Crippen LogP contribution in [0.2, 0.25) is 0 Å². The van der Waals surface area contributed by atoms with Crippen molar-refractivity contribution in [1.82, 2.24) is 15.0 Å². The van der Waals surface area contributed by atoms with Gasteiger partial charge in [0, 0.05) is 7.05 Å². The van der Waals surface area contributed by atoms with Crippen molar-refractivity contribution >= 4 is 15.5 Å². The maximum Gasteiger partial charge on any atom is 0.341 e. The lowest BCUT2D eigenvalue weighted by Crippen LogP contribution is -2.14. The second-order valence-corrected chi connectivity index (χ2v) is 5.89. The summed E-state index contributed by atoms with van der Waals surface area (Å²) in [6.07, 6.45) is 1.50. The second kappa shape index (κ2) is 5.53. The third-order valence-electron chi connectivity index (χ3n) is 2.70. The third-order valence-corrected chi connectivity index (χ3v) is 4.13. The van der Waals surface area contributed by atoms with E-state index in [4.69, 9.17) is 0 Å². The molecule has 1 aromatic heterocycles. The minimum Gasteiger partial charge on any atom is -0.378 e. The van der Waals surface area contributed by atoms with E-state index in [9.17, 15) is 17.2 Å². The van der Waals surface area contributed by atoms with E-state index in [0.29, 0.717) is 5.69 Å². The van der Waals surface area contributed by atoms with Crippen molar-refractivity contribution in [2.24, 2.45) is 7.05 Å². The number of halogens is 2. The molecule has 6 nitrogen and oxygen atoms in total. The van der Waals surface area contributed by atoms with E-state index in [1.165, 1.54) is 23.0 Å². The van der Waals surface area contributed by atoms with E-state index in [1.54, 1.807) is 13.1 Å². The summed E-state index contributed by atoms with van der Waals surface area (Å²) in [5, 5.41) is 10.2. The summed E-state index contributed by atoms with van der Waals surface area (Å²) < 4.78 is 49.9. The molecule has 0 atom stereocenters. The van der Waals surface area contributed by atoms with Gasteiger partial charge in [-0.1, -0.05) is 17.3 Å². The van der Waals surface area contributed by atoms with Crippen LogP contribution < -0.4 is 5.32 Å². The number of sulfone groups is 1. The molecule has 9 heteroatoms. The first-order chi connectivity index (χ1) is 9.43. The minimum atomic E-state index is -4.64. The minimum absolute atomic E-state index is 0.119. The lowest BCUT2D eigenvalue weighted by atomic mass is 10.3. The third kappa shape index (κ3) is 2.77. The molecule has 0 aliphatic rings. The van der Waals surface area contributed by atoms with Gasteiger partial charge in [-0.05, 0) is 12.1 Å². The number of anilines is 1. The zero-order valence-corrected chi connectivity index (χ0v) is 11.3. The fraction of sp³-hybridized carbons (Fsp3) is 0.273.